The van der Waals surface area contributed by atoms with E-state index in [0.717, 1.165) is 42.4 Å². The van der Waals surface area contributed by atoms with Crippen molar-refractivity contribution in [2.75, 3.05) is 0 Å². The Labute approximate surface area is 283 Å². The van der Waals surface area contributed by atoms with Gasteiger partial charge in [0.1, 0.15) is 0 Å². The number of hydrogen-bond acceptors (Lipinski definition) is 2. The highest BCUT2D eigenvalue weighted by Crippen LogP contribution is 2.60. The van der Waals surface area contributed by atoms with Gasteiger partial charge in [0.15, 0.2) is 16.6 Å². The summed E-state index contributed by atoms with van der Waals surface area (Å²) in [4.78, 5) is 0. The van der Waals surface area contributed by atoms with E-state index in [1.54, 1.807) is 5.57 Å². The van der Waals surface area contributed by atoms with Gasteiger partial charge in [-0.15, -0.1) is 0 Å². The molecule has 0 aromatic carbocycles. The third-order valence-corrected chi connectivity index (χ3v) is 22.9. The number of hydrogen-bond donors (Lipinski definition) is 0. The average Bonchev–Trinajstić information content (AvgIpc) is 3.25. The fourth-order valence-electron chi connectivity index (χ4n) is 8.67. The molecule has 0 aliphatic heterocycles. The molecule has 45 heavy (non-hydrogen) atoms. The first-order valence-electron chi connectivity index (χ1n) is 19.0. The van der Waals surface area contributed by atoms with Crippen LogP contribution in [0.15, 0.2) is 35.5 Å². The summed E-state index contributed by atoms with van der Waals surface area (Å²) >= 11 is 0. The fourth-order valence-corrected chi connectivity index (χ4v) is 11.3. The highest BCUT2D eigenvalue weighted by Gasteiger charge is 2.51. The Morgan fingerprint density at radius 3 is 2.07 bits per heavy atom. The predicted molar refractivity (Wildman–Crippen MR) is 204 cm³/mol. The summed E-state index contributed by atoms with van der Waals surface area (Å²) in [5.41, 5.74) is 4.74. The van der Waals surface area contributed by atoms with E-state index >= 15 is 0 Å². The molecule has 0 spiro atoms. The molecule has 0 N–H and O–H groups in total. The molecule has 0 aromatic rings. The fraction of sp³-hybridized carbons (Fsp3) is 0.854. The van der Waals surface area contributed by atoms with Gasteiger partial charge in [0, 0.05) is 6.42 Å². The van der Waals surface area contributed by atoms with E-state index in [9.17, 15) is 0 Å². The van der Waals surface area contributed by atoms with Crippen LogP contribution in [-0.2, 0) is 8.85 Å². The predicted octanol–water partition coefficient (Wildman–Crippen LogP) is 13.3. The second-order valence-electron chi connectivity index (χ2n) is 19.3. The minimum atomic E-state index is -1.96. The van der Waals surface area contributed by atoms with Crippen LogP contribution >= 0.6 is 0 Å². The minimum absolute atomic E-state index is 0.0465. The largest absolute Gasteiger partial charge is 0.413 e. The Balaban J connectivity index is 1.87. The van der Waals surface area contributed by atoms with Crippen LogP contribution in [0.2, 0.25) is 36.3 Å². The molecule has 0 saturated heterocycles. The van der Waals surface area contributed by atoms with Crippen molar-refractivity contribution in [1.29, 1.82) is 0 Å². The highest BCUT2D eigenvalue weighted by atomic mass is 28.4. The van der Waals surface area contributed by atoms with Gasteiger partial charge in [-0.25, -0.2) is 0 Å². The number of allylic oxidation sites excluding steroid dienone is 3. The normalized spacial score (nSPS) is 32.0. The quantitative estimate of drug-likeness (QED) is 0.206. The Hall–Kier alpha value is -0.426. The smallest absolute Gasteiger partial charge is 0.192 e. The lowest BCUT2D eigenvalue weighted by Gasteiger charge is -2.46. The van der Waals surface area contributed by atoms with Gasteiger partial charge in [-0.1, -0.05) is 113 Å². The van der Waals surface area contributed by atoms with E-state index in [1.165, 1.54) is 62.5 Å². The van der Waals surface area contributed by atoms with Crippen molar-refractivity contribution in [3.8, 4) is 0 Å². The summed E-state index contributed by atoms with van der Waals surface area (Å²) in [6.07, 6.45) is 18.1. The van der Waals surface area contributed by atoms with Gasteiger partial charge in [0.2, 0.25) is 0 Å². The summed E-state index contributed by atoms with van der Waals surface area (Å²) in [5.74, 6) is 4.10. The van der Waals surface area contributed by atoms with Gasteiger partial charge in [-0.05, 0) is 127 Å². The Morgan fingerprint density at radius 2 is 1.51 bits per heavy atom. The average molecular weight is 657 g/mol. The van der Waals surface area contributed by atoms with Crippen molar-refractivity contribution >= 4 is 16.6 Å². The van der Waals surface area contributed by atoms with Gasteiger partial charge in [0.25, 0.3) is 0 Å². The molecular formula is C41H76O2Si2. The van der Waals surface area contributed by atoms with Crippen LogP contribution in [0, 0.1) is 35.0 Å². The first-order valence-corrected chi connectivity index (χ1v) is 24.8. The molecule has 3 saturated carbocycles. The molecule has 4 heteroatoms. The topological polar surface area (TPSA) is 18.5 Å². The zero-order valence-electron chi connectivity index (χ0n) is 32.8. The van der Waals surface area contributed by atoms with E-state index in [4.69, 9.17) is 15.4 Å². The summed E-state index contributed by atoms with van der Waals surface area (Å²) < 4.78 is 14.2. The van der Waals surface area contributed by atoms with E-state index in [1.807, 2.05) is 0 Å². The second kappa shape index (κ2) is 14.6. The molecule has 7 atom stereocenters. The molecule has 0 aromatic heterocycles. The van der Waals surface area contributed by atoms with Crippen molar-refractivity contribution < 1.29 is 8.85 Å². The summed E-state index contributed by atoms with van der Waals surface area (Å²) in [6.45, 7) is 40.9. The molecule has 0 amide bonds. The minimum Gasteiger partial charge on any atom is -0.413 e. The van der Waals surface area contributed by atoms with Gasteiger partial charge < -0.3 is 8.85 Å². The van der Waals surface area contributed by atoms with Gasteiger partial charge in [0.05, 0.1) is 12.2 Å². The second-order valence-corrected chi connectivity index (χ2v) is 28.8. The van der Waals surface area contributed by atoms with Crippen molar-refractivity contribution in [1.82, 2.24) is 0 Å². The third-order valence-electron chi connectivity index (χ3n) is 13.9. The molecular weight excluding hydrogens is 581 g/mol. The van der Waals surface area contributed by atoms with Crippen LogP contribution < -0.4 is 0 Å². The van der Waals surface area contributed by atoms with Crippen LogP contribution in [0.25, 0.3) is 0 Å². The van der Waals surface area contributed by atoms with Crippen LogP contribution in [-0.4, -0.2) is 28.8 Å². The lowest BCUT2D eigenvalue weighted by atomic mass is 9.60. The summed E-state index contributed by atoms with van der Waals surface area (Å²) in [7, 11) is -3.87. The molecule has 3 rings (SSSR count). The standard InChI is InChI=1S/C41H76O2Si2/c1-17-32(29(2)3)21-20-30(4)36-24-25-37-33(19-18-26-41(36,37)12)22-23-34-27-35(42-44(13,14)39(6,7)8)28-38(31(34)5)43-45(15,16)40(9,10)11/h22-23,29-30,32,35-38H,5,17-21,24-28H2,1-4,6-16H3/b33-22+,34-23-/t30-,32-,35-,36-,37+,38+,41-/m1/s1. The number of fused-ring (bicyclic) bond motifs is 1. The van der Waals surface area contributed by atoms with Crippen LogP contribution in [0.5, 0.6) is 0 Å². The van der Waals surface area contributed by atoms with Crippen LogP contribution in [0.3, 0.4) is 0 Å². The van der Waals surface area contributed by atoms with Gasteiger partial charge in [-0.2, -0.15) is 0 Å². The zero-order chi connectivity index (χ0) is 34.2. The van der Waals surface area contributed by atoms with Gasteiger partial charge in [-0.3, -0.25) is 0 Å². The number of rotatable bonds is 11. The summed E-state index contributed by atoms with van der Waals surface area (Å²) in [5, 5.41) is 0.360. The zero-order valence-corrected chi connectivity index (χ0v) is 34.8. The third kappa shape index (κ3) is 8.98. The van der Waals surface area contributed by atoms with Crippen LogP contribution in [0.4, 0.5) is 0 Å². The van der Waals surface area contributed by atoms with E-state index in [0.29, 0.717) is 5.41 Å². The molecule has 2 nitrogen and oxygen atoms in total. The highest BCUT2D eigenvalue weighted by molar-refractivity contribution is 6.74. The van der Waals surface area contributed by atoms with E-state index in [2.05, 4.69) is 115 Å². The SMILES string of the molecule is C=C1/C(=C\C=C2/CCC[C@]3(C)[C@@H]([C@H](C)CC[C@@H](CC)C(C)C)CC[C@@H]23)C[C@@H](O[Si](C)(C)C(C)(C)C)C[C@@H]1O[Si](C)(C)C(C)(C)C. The Morgan fingerprint density at radius 1 is 0.911 bits per heavy atom. The molecule has 0 radical (unpaired) electrons. The maximum absolute atomic E-state index is 7.11. The van der Waals surface area contributed by atoms with E-state index in [-0.39, 0.29) is 22.3 Å². The molecule has 0 heterocycles. The maximum Gasteiger partial charge on any atom is 0.192 e. The lowest BCUT2D eigenvalue weighted by molar-refractivity contribution is 0.0899. The Bertz CT molecular complexity index is 1070. The summed E-state index contributed by atoms with van der Waals surface area (Å²) in [6, 6.07) is 0. The van der Waals surface area contributed by atoms with Gasteiger partial charge >= 0.3 is 0 Å². The first kappa shape index (κ1) is 39.0. The van der Waals surface area contributed by atoms with Crippen molar-refractivity contribution in [2.45, 2.75) is 189 Å². The molecule has 0 bridgehead atoms. The van der Waals surface area contributed by atoms with Crippen molar-refractivity contribution in [2.24, 2.45) is 35.0 Å². The van der Waals surface area contributed by atoms with E-state index < -0.39 is 16.6 Å². The monoisotopic (exact) mass is 657 g/mol. The molecule has 3 aliphatic rings. The molecule has 3 aliphatic carbocycles. The maximum atomic E-state index is 7.11. The molecule has 260 valence electrons. The molecule has 3 fully saturated rings. The first-order chi connectivity index (χ1) is 20.5. The van der Waals surface area contributed by atoms with Crippen LogP contribution in [0.1, 0.15) is 140 Å². The molecule has 0 unspecified atom stereocenters. The van der Waals surface area contributed by atoms with Crippen molar-refractivity contribution in [3.63, 3.8) is 0 Å². The Kier molecular flexibility index (Phi) is 12.7. The van der Waals surface area contributed by atoms with Crippen molar-refractivity contribution in [3.05, 3.63) is 35.5 Å². The lowest BCUT2D eigenvalue weighted by Crippen LogP contribution is -2.49.